The van der Waals surface area contributed by atoms with Crippen LogP contribution in [0.4, 0.5) is 5.82 Å². The van der Waals surface area contributed by atoms with Crippen LogP contribution in [-0.4, -0.2) is 30.2 Å². The topological polar surface area (TPSA) is 38.3 Å². The Morgan fingerprint density at radius 2 is 2.33 bits per heavy atom. The van der Waals surface area contributed by atoms with Crippen molar-refractivity contribution in [1.29, 1.82) is 0 Å². The highest BCUT2D eigenvalue weighted by Crippen LogP contribution is 2.35. The number of ether oxygens (including phenoxy) is 1. The van der Waals surface area contributed by atoms with Gasteiger partial charge in [-0.25, -0.2) is 9.97 Å². The minimum Gasteiger partial charge on any atom is -0.476 e. The number of nitrogens with zero attached hydrogens (tertiary/aromatic N) is 3. The normalized spacial score (nSPS) is 13.8. The second-order valence-corrected chi connectivity index (χ2v) is 5.18. The summed E-state index contributed by atoms with van der Waals surface area (Å²) in [6.07, 6.45) is 0.948. The highest BCUT2D eigenvalue weighted by atomic mass is 32.1. The average molecular weight is 261 g/mol. The van der Waals surface area contributed by atoms with Crippen molar-refractivity contribution in [3.05, 3.63) is 23.2 Å². The molecule has 2 aromatic heterocycles. The molecule has 0 fully saturated rings. The lowest BCUT2D eigenvalue weighted by molar-refractivity contribution is 0.326. The van der Waals surface area contributed by atoms with Crippen molar-refractivity contribution in [2.75, 3.05) is 25.1 Å². The monoisotopic (exact) mass is 261 g/mol. The first-order chi connectivity index (χ1) is 8.79. The van der Waals surface area contributed by atoms with Gasteiger partial charge in [0.15, 0.2) is 5.82 Å². The van der Waals surface area contributed by atoms with Gasteiger partial charge in [-0.1, -0.05) is 6.07 Å². The maximum absolute atomic E-state index is 5.64. The number of aromatic nitrogens is 2. The summed E-state index contributed by atoms with van der Waals surface area (Å²) < 4.78 is 5.64. The van der Waals surface area contributed by atoms with Gasteiger partial charge in [-0.15, -0.1) is 11.3 Å². The third-order valence-corrected chi connectivity index (χ3v) is 3.87. The summed E-state index contributed by atoms with van der Waals surface area (Å²) in [4.78, 5) is 12.6. The van der Waals surface area contributed by atoms with Crippen LogP contribution in [0.5, 0.6) is 5.88 Å². The van der Waals surface area contributed by atoms with Gasteiger partial charge >= 0.3 is 0 Å². The van der Waals surface area contributed by atoms with Crippen LogP contribution in [0.1, 0.15) is 12.6 Å². The summed E-state index contributed by atoms with van der Waals surface area (Å²) in [6, 6.07) is 4.08. The van der Waals surface area contributed by atoms with E-state index in [0.717, 1.165) is 35.0 Å². The molecular weight excluding hydrogens is 246 g/mol. The van der Waals surface area contributed by atoms with Crippen molar-refractivity contribution < 1.29 is 4.74 Å². The van der Waals surface area contributed by atoms with Gasteiger partial charge in [0.2, 0.25) is 5.88 Å². The molecule has 1 aliphatic heterocycles. The molecule has 2 aromatic rings. The summed E-state index contributed by atoms with van der Waals surface area (Å²) in [5.41, 5.74) is 1.90. The van der Waals surface area contributed by atoms with E-state index in [4.69, 9.17) is 9.72 Å². The Morgan fingerprint density at radius 3 is 3.06 bits per heavy atom. The van der Waals surface area contributed by atoms with Gasteiger partial charge < -0.3 is 9.64 Å². The molecule has 0 aromatic carbocycles. The molecule has 0 N–H and O–H groups in total. The van der Waals surface area contributed by atoms with E-state index in [1.54, 1.807) is 11.3 Å². The van der Waals surface area contributed by atoms with E-state index in [9.17, 15) is 0 Å². The maximum Gasteiger partial charge on any atom is 0.241 e. The van der Waals surface area contributed by atoms with Crippen molar-refractivity contribution in [3.8, 4) is 16.5 Å². The summed E-state index contributed by atoms with van der Waals surface area (Å²) in [5.74, 6) is 1.65. The third-order valence-electron chi connectivity index (χ3n) is 3.00. The van der Waals surface area contributed by atoms with Gasteiger partial charge in [0, 0.05) is 20.0 Å². The molecule has 0 aliphatic carbocycles. The van der Waals surface area contributed by atoms with E-state index >= 15 is 0 Å². The van der Waals surface area contributed by atoms with E-state index in [-0.39, 0.29) is 0 Å². The SMILES string of the molecule is CCOc1nc2c(nc1-c1cccs1)N(C)CC2. The van der Waals surface area contributed by atoms with E-state index in [1.165, 1.54) is 0 Å². The molecule has 0 atom stereocenters. The molecule has 94 valence electrons. The highest BCUT2D eigenvalue weighted by molar-refractivity contribution is 7.13. The van der Waals surface area contributed by atoms with Crippen LogP contribution in [0.25, 0.3) is 10.6 Å². The predicted molar refractivity (Wildman–Crippen MR) is 73.5 cm³/mol. The molecule has 0 amide bonds. The van der Waals surface area contributed by atoms with Crippen LogP contribution in [0.2, 0.25) is 0 Å². The molecule has 0 unspecified atom stereocenters. The highest BCUT2D eigenvalue weighted by Gasteiger charge is 2.23. The fourth-order valence-corrected chi connectivity index (χ4v) is 2.81. The van der Waals surface area contributed by atoms with E-state index in [2.05, 4.69) is 23.0 Å². The molecule has 0 bridgehead atoms. The summed E-state index contributed by atoms with van der Waals surface area (Å²) >= 11 is 1.66. The Balaban J connectivity index is 2.13. The van der Waals surface area contributed by atoms with Crippen molar-refractivity contribution in [1.82, 2.24) is 9.97 Å². The van der Waals surface area contributed by atoms with Gasteiger partial charge in [-0.2, -0.15) is 0 Å². The summed E-state index contributed by atoms with van der Waals surface area (Å²) in [5, 5.41) is 2.05. The molecule has 1 aliphatic rings. The van der Waals surface area contributed by atoms with Gasteiger partial charge in [-0.3, -0.25) is 0 Å². The molecule has 0 saturated heterocycles. The number of anilines is 1. The van der Waals surface area contributed by atoms with Crippen molar-refractivity contribution >= 4 is 17.2 Å². The van der Waals surface area contributed by atoms with Gasteiger partial charge in [0.25, 0.3) is 0 Å². The molecule has 3 heterocycles. The molecule has 0 saturated carbocycles. The zero-order chi connectivity index (χ0) is 12.5. The average Bonchev–Trinajstić information content (AvgIpc) is 2.99. The predicted octanol–water partition coefficient (Wildman–Crippen LogP) is 2.60. The van der Waals surface area contributed by atoms with E-state index in [1.807, 2.05) is 18.4 Å². The molecule has 3 rings (SSSR count). The number of hydrogen-bond donors (Lipinski definition) is 0. The van der Waals surface area contributed by atoms with Crippen LogP contribution < -0.4 is 9.64 Å². The number of thiophene rings is 1. The zero-order valence-corrected chi connectivity index (χ0v) is 11.3. The lowest BCUT2D eigenvalue weighted by Gasteiger charge is -2.13. The molecular formula is C13H15N3OS. The fourth-order valence-electron chi connectivity index (χ4n) is 2.11. The standard InChI is InChI=1S/C13H15N3OS/c1-3-17-13-11(10-5-4-8-18-10)15-12-9(14-13)6-7-16(12)2/h4-5,8H,3,6-7H2,1-2H3. The Bertz CT molecular complexity index is 554. The minimum atomic E-state index is 0.613. The van der Waals surface area contributed by atoms with E-state index < -0.39 is 0 Å². The molecule has 18 heavy (non-hydrogen) atoms. The minimum absolute atomic E-state index is 0.613. The number of fused-ring (bicyclic) bond motifs is 1. The van der Waals surface area contributed by atoms with Crippen LogP contribution in [0.15, 0.2) is 17.5 Å². The van der Waals surface area contributed by atoms with Crippen LogP contribution >= 0.6 is 11.3 Å². The van der Waals surface area contributed by atoms with Crippen LogP contribution in [-0.2, 0) is 6.42 Å². The van der Waals surface area contributed by atoms with Crippen molar-refractivity contribution in [2.24, 2.45) is 0 Å². The third kappa shape index (κ3) is 1.84. The molecule has 0 spiro atoms. The summed E-state index contributed by atoms with van der Waals surface area (Å²) in [6.45, 7) is 3.57. The second kappa shape index (κ2) is 4.57. The van der Waals surface area contributed by atoms with Crippen LogP contribution in [0.3, 0.4) is 0 Å². The van der Waals surface area contributed by atoms with Gasteiger partial charge in [0.05, 0.1) is 17.2 Å². The van der Waals surface area contributed by atoms with Crippen molar-refractivity contribution in [2.45, 2.75) is 13.3 Å². The lowest BCUT2D eigenvalue weighted by Crippen LogP contribution is -2.14. The first-order valence-corrected chi connectivity index (χ1v) is 6.96. The van der Waals surface area contributed by atoms with Gasteiger partial charge in [-0.05, 0) is 18.4 Å². The smallest absolute Gasteiger partial charge is 0.241 e. The first-order valence-electron chi connectivity index (χ1n) is 6.08. The molecule has 5 heteroatoms. The summed E-state index contributed by atoms with van der Waals surface area (Å²) in [7, 11) is 2.05. The largest absolute Gasteiger partial charge is 0.476 e. The Kier molecular flexibility index (Phi) is 2.91. The lowest BCUT2D eigenvalue weighted by atomic mass is 10.3. The fraction of sp³-hybridized carbons (Fsp3) is 0.385. The van der Waals surface area contributed by atoms with Crippen molar-refractivity contribution in [3.63, 3.8) is 0 Å². The zero-order valence-electron chi connectivity index (χ0n) is 10.5. The van der Waals surface area contributed by atoms with Gasteiger partial charge in [0.1, 0.15) is 5.69 Å². The number of rotatable bonds is 3. The van der Waals surface area contributed by atoms with E-state index in [0.29, 0.717) is 12.5 Å². The number of likely N-dealkylation sites (N-methyl/N-ethyl adjacent to an activating group) is 1. The first kappa shape index (κ1) is 11.5. The Morgan fingerprint density at radius 1 is 1.44 bits per heavy atom. The molecule has 4 nitrogen and oxygen atoms in total. The Labute approximate surface area is 110 Å². The number of hydrogen-bond acceptors (Lipinski definition) is 5. The molecule has 0 radical (unpaired) electrons. The second-order valence-electron chi connectivity index (χ2n) is 4.23. The quantitative estimate of drug-likeness (QED) is 0.851. The van der Waals surface area contributed by atoms with Crippen LogP contribution in [0, 0.1) is 0 Å². The maximum atomic E-state index is 5.64. The Hall–Kier alpha value is -1.62.